The second-order valence-electron chi connectivity index (χ2n) is 5.69. The van der Waals surface area contributed by atoms with Crippen molar-refractivity contribution in [3.8, 4) is 0 Å². The van der Waals surface area contributed by atoms with Crippen LogP contribution < -0.4 is 10.6 Å². The quantitative estimate of drug-likeness (QED) is 0.669. The van der Waals surface area contributed by atoms with Gasteiger partial charge in [-0.2, -0.15) is 0 Å². The Balaban J connectivity index is 1.83. The highest BCUT2D eigenvalue weighted by Gasteiger charge is 2.29. The maximum atomic E-state index is 10.8. The summed E-state index contributed by atoms with van der Waals surface area (Å²) in [6.45, 7) is 3.75. The van der Waals surface area contributed by atoms with E-state index < -0.39 is 6.23 Å². The Morgan fingerprint density at radius 3 is 2.84 bits per heavy atom. The number of pyridine rings is 1. The average molecular weight is 371 g/mol. The lowest BCUT2D eigenvalue weighted by Gasteiger charge is -2.28. The number of aliphatic hydroxyl groups is 1. The third-order valence-corrected chi connectivity index (χ3v) is 5.52. The van der Waals surface area contributed by atoms with Crippen molar-refractivity contribution in [3.05, 3.63) is 58.6 Å². The zero-order valence-corrected chi connectivity index (χ0v) is 14.8. The van der Waals surface area contributed by atoms with Gasteiger partial charge in [0.05, 0.1) is 22.3 Å². The number of benzene rings is 1. The van der Waals surface area contributed by atoms with Crippen LogP contribution in [0.2, 0.25) is 5.02 Å². The molecule has 126 valence electrons. The van der Waals surface area contributed by atoms with Crippen LogP contribution in [0.5, 0.6) is 0 Å². The molecular formula is C18H15ClN4OS. The van der Waals surface area contributed by atoms with Crippen LogP contribution in [0.3, 0.4) is 0 Å². The minimum atomic E-state index is -0.852. The number of halogens is 1. The van der Waals surface area contributed by atoms with Crippen LogP contribution in [-0.4, -0.2) is 16.4 Å². The van der Waals surface area contributed by atoms with Gasteiger partial charge in [-0.15, -0.1) is 17.9 Å². The van der Waals surface area contributed by atoms with Gasteiger partial charge in [-0.25, -0.2) is 9.98 Å². The average Bonchev–Trinajstić information content (AvgIpc) is 2.99. The van der Waals surface area contributed by atoms with E-state index in [1.54, 1.807) is 35.6 Å². The topological polar surface area (TPSA) is 74.7 Å². The number of hydrogen-bond acceptors (Lipinski definition) is 6. The van der Waals surface area contributed by atoms with Crippen molar-refractivity contribution in [3.63, 3.8) is 0 Å². The molecule has 0 radical (unpaired) electrons. The van der Waals surface area contributed by atoms with Gasteiger partial charge in [0.1, 0.15) is 4.83 Å². The van der Waals surface area contributed by atoms with Crippen LogP contribution >= 0.6 is 22.9 Å². The molecule has 0 saturated heterocycles. The Labute approximate surface area is 153 Å². The minimum Gasteiger partial charge on any atom is -0.398 e. The highest BCUT2D eigenvalue weighted by Crippen LogP contribution is 2.47. The number of aliphatic hydroxyl groups excluding tert-OH is 1. The second kappa shape index (κ2) is 6.15. The fourth-order valence-corrected chi connectivity index (χ4v) is 4.10. The number of nitrogen functional groups attached to an aromatic ring is 1. The Morgan fingerprint density at radius 2 is 2.12 bits per heavy atom. The van der Waals surface area contributed by atoms with E-state index in [0.717, 1.165) is 26.3 Å². The summed E-state index contributed by atoms with van der Waals surface area (Å²) in [6, 6.07) is 7.23. The molecule has 1 aliphatic heterocycles. The first-order valence-electron chi connectivity index (χ1n) is 7.67. The van der Waals surface area contributed by atoms with Crippen molar-refractivity contribution in [2.75, 3.05) is 10.6 Å². The van der Waals surface area contributed by atoms with Crippen molar-refractivity contribution in [2.24, 2.45) is 4.99 Å². The van der Waals surface area contributed by atoms with Gasteiger partial charge in [-0.1, -0.05) is 17.7 Å². The first-order chi connectivity index (χ1) is 12.1. The summed E-state index contributed by atoms with van der Waals surface area (Å²) in [5.41, 5.74) is 9.36. The molecular weight excluding hydrogens is 356 g/mol. The van der Waals surface area contributed by atoms with E-state index in [2.05, 4.69) is 16.6 Å². The van der Waals surface area contributed by atoms with Gasteiger partial charge in [0.15, 0.2) is 6.23 Å². The summed E-state index contributed by atoms with van der Waals surface area (Å²) in [6.07, 6.45) is 4.95. The third-order valence-electron chi connectivity index (χ3n) is 4.14. The molecule has 1 aliphatic rings. The monoisotopic (exact) mass is 370 g/mol. The number of anilines is 2. The fourth-order valence-electron chi connectivity index (χ4n) is 2.88. The van der Waals surface area contributed by atoms with E-state index >= 15 is 0 Å². The van der Waals surface area contributed by atoms with Gasteiger partial charge in [0.25, 0.3) is 0 Å². The van der Waals surface area contributed by atoms with Gasteiger partial charge in [0.2, 0.25) is 0 Å². The Morgan fingerprint density at radius 1 is 1.36 bits per heavy atom. The summed E-state index contributed by atoms with van der Waals surface area (Å²) < 4.78 is 0. The number of rotatable bonds is 3. The molecule has 5 nitrogen and oxygen atoms in total. The van der Waals surface area contributed by atoms with E-state index in [1.807, 2.05) is 12.1 Å². The maximum Gasteiger partial charge on any atom is 0.169 e. The van der Waals surface area contributed by atoms with Gasteiger partial charge in [-0.05, 0) is 36.2 Å². The molecule has 0 fully saturated rings. The smallest absolute Gasteiger partial charge is 0.169 e. The SMILES string of the molecule is C=CCc1cnc2sc3c(c2c1N)N=CN(c1ccc(Cl)cc1)C3O. The number of fused-ring (bicyclic) bond motifs is 3. The number of aromatic nitrogens is 1. The number of hydrogen-bond donors (Lipinski definition) is 2. The molecule has 3 heterocycles. The van der Waals surface area contributed by atoms with Crippen LogP contribution in [0.1, 0.15) is 16.7 Å². The normalized spacial score (nSPS) is 16.2. The van der Waals surface area contributed by atoms with Crippen molar-refractivity contribution in [1.82, 2.24) is 4.98 Å². The molecule has 1 atom stereocenters. The summed E-state index contributed by atoms with van der Waals surface area (Å²) in [5, 5.41) is 12.3. The number of nitrogens with two attached hydrogens (primary N) is 1. The zero-order chi connectivity index (χ0) is 17.6. The molecule has 4 rings (SSSR count). The highest BCUT2D eigenvalue weighted by atomic mass is 35.5. The Kier molecular flexibility index (Phi) is 3.95. The lowest BCUT2D eigenvalue weighted by atomic mass is 10.1. The molecule has 0 aliphatic carbocycles. The molecule has 0 bridgehead atoms. The fraction of sp³-hybridized carbons (Fsp3) is 0.111. The zero-order valence-electron chi connectivity index (χ0n) is 13.2. The largest absolute Gasteiger partial charge is 0.398 e. The molecule has 0 saturated carbocycles. The molecule has 2 aromatic heterocycles. The summed E-state index contributed by atoms with van der Waals surface area (Å²) in [7, 11) is 0. The summed E-state index contributed by atoms with van der Waals surface area (Å²) >= 11 is 7.34. The minimum absolute atomic E-state index is 0.640. The number of aliphatic imine (C=N–C) groups is 1. The van der Waals surface area contributed by atoms with Gasteiger partial charge in [0, 0.05) is 22.6 Å². The van der Waals surface area contributed by atoms with Crippen LogP contribution in [0.15, 0.2) is 48.1 Å². The van der Waals surface area contributed by atoms with E-state index in [-0.39, 0.29) is 0 Å². The Bertz CT molecular complexity index is 996. The molecule has 0 amide bonds. The summed E-state index contributed by atoms with van der Waals surface area (Å²) in [4.78, 5) is 12.2. The van der Waals surface area contributed by atoms with Crippen LogP contribution in [-0.2, 0) is 6.42 Å². The lowest BCUT2D eigenvalue weighted by molar-refractivity contribution is 0.192. The van der Waals surface area contributed by atoms with Crippen molar-refractivity contribution in [2.45, 2.75) is 12.6 Å². The lowest BCUT2D eigenvalue weighted by Crippen LogP contribution is -2.28. The molecule has 3 N–H and O–H groups in total. The highest BCUT2D eigenvalue weighted by molar-refractivity contribution is 7.19. The predicted molar refractivity (Wildman–Crippen MR) is 105 cm³/mol. The van der Waals surface area contributed by atoms with Gasteiger partial charge in [-0.3, -0.25) is 0 Å². The molecule has 25 heavy (non-hydrogen) atoms. The standard InChI is InChI=1S/C18H15ClN4OS/c1-2-3-10-8-21-17-13(14(10)20)15-16(25-17)18(24)23(9-22-15)12-6-4-11(19)5-7-12/h2,4-9,18,24H,1,3H2,(H2,20,21). The summed E-state index contributed by atoms with van der Waals surface area (Å²) in [5.74, 6) is 0. The molecule has 1 unspecified atom stereocenters. The molecule has 7 heteroatoms. The number of allylic oxidation sites excluding steroid dienone is 1. The molecule has 3 aromatic rings. The van der Waals surface area contributed by atoms with E-state index in [1.165, 1.54) is 11.3 Å². The van der Waals surface area contributed by atoms with Crippen LogP contribution in [0, 0.1) is 0 Å². The van der Waals surface area contributed by atoms with Gasteiger partial charge >= 0.3 is 0 Å². The Hall–Kier alpha value is -2.41. The first-order valence-corrected chi connectivity index (χ1v) is 8.86. The third kappa shape index (κ3) is 2.59. The van der Waals surface area contributed by atoms with E-state index in [0.29, 0.717) is 22.8 Å². The number of thiophene rings is 1. The molecule has 0 spiro atoms. The predicted octanol–water partition coefficient (Wildman–Crippen LogP) is 4.43. The first kappa shape index (κ1) is 16.1. The maximum absolute atomic E-state index is 10.8. The van der Waals surface area contributed by atoms with Gasteiger partial charge < -0.3 is 15.7 Å². The molecule has 1 aromatic carbocycles. The van der Waals surface area contributed by atoms with Crippen LogP contribution in [0.4, 0.5) is 17.1 Å². The van der Waals surface area contributed by atoms with Crippen LogP contribution in [0.25, 0.3) is 10.2 Å². The van der Waals surface area contributed by atoms with E-state index in [9.17, 15) is 5.11 Å². The number of nitrogens with zero attached hydrogens (tertiary/aromatic N) is 3. The second-order valence-corrected chi connectivity index (χ2v) is 7.15. The van der Waals surface area contributed by atoms with Crippen molar-refractivity contribution >= 4 is 56.6 Å². The van der Waals surface area contributed by atoms with Crippen molar-refractivity contribution in [1.29, 1.82) is 0 Å². The van der Waals surface area contributed by atoms with E-state index in [4.69, 9.17) is 17.3 Å². The van der Waals surface area contributed by atoms with Crippen molar-refractivity contribution < 1.29 is 5.11 Å².